The van der Waals surface area contributed by atoms with Crippen LogP contribution in [0.15, 0.2) is 65.6 Å². The number of fused-ring (bicyclic) bond motifs is 1. The molecule has 0 aliphatic rings. The van der Waals surface area contributed by atoms with Gasteiger partial charge in [-0.15, -0.1) is 0 Å². The van der Waals surface area contributed by atoms with Gasteiger partial charge in [0.05, 0.1) is 28.9 Å². The van der Waals surface area contributed by atoms with Crippen molar-refractivity contribution in [1.82, 2.24) is 19.7 Å². The first kappa shape index (κ1) is 20.2. The van der Waals surface area contributed by atoms with Gasteiger partial charge in [0.15, 0.2) is 0 Å². The van der Waals surface area contributed by atoms with E-state index in [0.29, 0.717) is 23.1 Å². The summed E-state index contributed by atoms with van der Waals surface area (Å²) in [4.78, 5) is 24.8. The van der Waals surface area contributed by atoms with Crippen LogP contribution in [0, 0.1) is 18.8 Å². The molecular weight excluding hydrogens is 388 g/mol. The highest BCUT2D eigenvalue weighted by molar-refractivity contribution is 5.88. The Labute approximate surface area is 180 Å². The van der Waals surface area contributed by atoms with Crippen LogP contribution < -0.4 is 10.9 Å². The summed E-state index contributed by atoms with van der Waals surface area (Å²) in [5, 5.41) is 8.30. The van der Waals surface area contributed by atoms with Crippen molar-refractivity contribution in [2.75, 3.05) is 0 Å². The monoisotopic (exact) mass is 410 g/mol. The zero-order valence-corrected chi connectivity index (χ0v) is 17.6. The fourth-order valence-electron chi connectivity index (χ4n) is 3.59. The fourth-order valence-corrected chi connectivity index (χ4v) is 3.59. The van der Waals surface area contributed by atoms with E-state index in [1.807, 2.05) is 75.5 Å². The number of nitrogens with one attached hydrogen (secondary N) is 1. The quantitative estimate of drug-likeness (QED) is 0.415. The molecular formula is C25H22N4O2. The Balaban J connectivity index is 1.99. The number of para-hydroxylation sites is 1. The van der Waals surface area contributed by atoms with Gasteiger partial charge in [-0.1, -0.05) is 42.2 Å². The minimum Gasteiger partial charge on any atom is -0.351 e. The highest BCUT2D eigenvalue weighted by Gasteiger charge is 2.17. The summed E-state index contributed by atoms with van der Waals surface area (Å²) in [6, 6.07) is 16.6. The lowest BCUT2D eigenvalue weighted by molar-refractivity contribution is -0.110. The summed E-state index contributed by atoms with van der Waals surface area (Å²) in [5.74, 6) is 6.31. The molecule has 2 heterocycles. The Hall–Kier alpha value is -4.11. The minimum atomic E-state index is -0.345. The number of aryl methyl sites for hydroxylation is 1. The lowest BCUT2D eigenvalue weighted by Gasteiger charge is -2.19. The Bertz CT molecular complexity index is 1390. The smallest absolute Gasteiger partial charge is 0.264 e. The molecule has 0 saturated heterocycles. The van der Waals surface area contributed by atoms with Gasteiger partial charge >= 0.3 is 0 Å². The van der Waals surface area contributed by atoms with Gasteiger partial charge in [-0.25, -0.2) is 0 Å². The maximum Gasteiger partial charge on any atom is 0.264 e. The fraction of sp³-hybridized carbons (Fsp3) is 0.160. The minimum absolute atomic E-state index is 0.175. The largest absolute Gasteiger partial charge is 0.351 e. The van der Waals surface area contributed by atoms with Crippen LogP contribution in [-0.4, -0.2) is 20.8 Å². The molecule has 0 bridgehead atoms. The van der Waals surface area contributed by atoms with E-state index in [-0.39, 0.29) is 11.6 Å². The van der Waals surface area contributed by atoms with Gasteiger partial charge in [0, 0.05) is 24.0 Å². The van der Waals surface area contributed by atoms with Gasteiger partial charge in [0.25, 0.3) is 5.56 Å². The van der Waals surface area contributed by atoms with Crippen LogP contribution in [0.3, 0.4) is 0 Å². The maximum absolute atomic E-state index is 13.7. The number of amides is 1. The molecule has 2 aromatic carbocycles. The molecule has 2 aromatic heterocycles. The predicted octanol–water partition coefficient (Wildman–Crippen LogP) is 3.24. The van der Waals surface area contributed by atoms with Crippen molar-refractivity contribution < 1.29 is 4.79 Å². The van der Waals surface area contributed by atoms with E-state index in [0.717, 1.165) is 22.3 Å². The van der Waals surface area contributed by atoms with Crippen molar-refractivity contribution in [3.63, 3.8) is 0 Å². The van der Waals surface area contributed by atoms with Gasteiger partial charge in [-0.2, -0.15) is 5.10 Å². The van der Waals surface area contributed by atoms with E-state index in [1.165, 1.54) is 0 Å². The number of aromatic nitrogens is 3. The van der Waals surface area contributed by atoms with Crippen LogP contribution in [0.25, 0.3) is 16.5 Å². The maximum atomic E-state index is 13.7. The van der Waals surface area contributed by atoms with E-state index in [2.05, 4.69) is 22.3 Å². The first-order valence-corrected chi connectivity index (χ1v) is 9.95. The molecule has 1 atom stereocenters. The van der Waals surface area contributed by atoms with Crippen LogP contribution in [0.4, 0.5) is 0 Å². The van der Waals surface area contributed by atoms with Crippen molar-refractivity contribution in [3.8, 4) is 17.5 Å². The number of carbonyl (C=O) groups is 1. The Kier molecular flexibility index (Phi) is 5.42. The third kappa shape index (κ3) is 3.74. The molecule has 154 valence electrons. The molecule has 0 fully saturated rings. The highest BCUT2D eigenvalue weighted by Crippen LogP contribution is 2.23. The Morgan fingerprint density at radius 2 is 1.81 bits per heavy atom. The Morgan fingerprint density at radius 1 is 1.06 bits per heavy atom. The molecule has 1 N–H and O–H groups in total. The summed E-state index contributed by atoms with van der Waals surface area (Å²) in [6.45, 7) is 3.81. The third-order valence-electron chi connectivity index (χ3n) is 5.42. The molecule has 0 saturated carbocycles. The van der Waals surface area contributed by atoms with Gasteiger partial charge in [0.1, 0.15) is 0 Å². The number of nitrogens with zero attached hydrogens (tertiary/aromatic N) is 3. The van der Waals surface area contributed by atoms with Crippen LogP contribution >= 0.6 is 0 Å². The van der Waals surface area contributed by atoms with Crippen LogP contribution in [0.5, 0.6) is 0 Å². The summed E-state index contributed by atoms with van der Waals surface area (Å²) >= 11 is 0. The molecule has 1 amide bonds. The third-order valence-corrected chi connectivity index (χ3v) is 5.42. The highest BCUT2D eigenvalue weighted by atomic mass is 16.1. The van der Waals surface area contributed by atoms with E-state index < -0.39 is 0 Å². The summed E-state index contributed by atoms with van der Waals surface area (Å²) in [5.41, 5.74) is 3.69. The molecule has 6 nitrogen and oxygen atoms in total. The normalized spacial score (nSPS) is 11.6. The summed E-state index contributed by atoms with van der Waals surface area (Å²) < 4.78 is 3.41. The number of benzene rings is 2. The van der Waals surface area contributed by atoms with Crippen molar-refractivity contribution >= 4 is 17.2 Å². The van der Waals surface area contributed by atoms with Gasteiger partial charge in [0.2, 0.25) is 6.41 Å². The van der Waals surface area contributed by atoms with Crippen molar-refractivity contribution in [1.29, 1.82) is 0 Å². The molecule has 4 aromatic rings. The van der Waals surface area contributed by atoms with Gasteiger partial charge in [-0.3, -0.25) is 18.8 Å². The lowest BCUT2D eigenvalue weighted by atomic mass is 10.0. The lowest BCUT2D eigenvalue weighted by Crippen LogP contribution is -2.28. The zero-order chi connectivity index (χ0) is 22.0. The predicted molar refractivity (Wildman–Crippen MR) is 121 cm³/mol. The second kappa shape index (κ2) is 8.33. The summed E-state index contributed by atoms with van der Waals surface area (Å²) in [6.07, 6.45) is 2.37. The Morgan fingerprint density at radius 3 is 2.48 bits per heavy atom. The number of hydrogen-bond donors (Lipinski definition) is 1. The molecule has 0 aliphatic heterocycles. The van der Waals surface area contributed by atoms with E-state index >= 15 is 0 Å². The van der Waals surface area contributed by atoms with E-state index in [4.69, 9.17) is 0 Å². The van der Waals surface area contributed by atoms with Crippen molar-refractivity contribution in [2.24, 2.45) is 7.05 Å². The molecule has 1 unspecified atom stereocenters. The van der Waals surface area contributed by atoms with Crippen molar-refractivity contribution in [3.05, 3.63) is 93.7 Å². The second-order valence-corrected chi connectivity index (χ2v) is 7.34. The second-order valence-electron chi connectivity index (χ2n) is 7.34. The molecule has 0 spiro atoms. The molecule has 6 heteroatoms. The van der Waals surface area contributed by atoms with Crippen LogP contribution in [0.1, 0.15) is 35.5 Å². The molecule has 4 rings (SSSR count). The SMILES string of the molecule is Cc1c(C#Cc2cccc3cc(C(C)NC=O)n(-c4ccccc4)c(=O)c23)cnn1C. The van der Waals surface area contributed by atoms with Crippen LogP contribution in [0.2, 0.25) is 0 Å². The summed E-state index contributed by atoms with van der Waals surface area (Å²) in [7, 11) is 1.87. The van der Waals surface area contributed by atoms with Crippen molar-refractivity contribution in [2.45, 2.75) is 19.9 Å². The topological polar surface area (TPSA) is 68.9 Å². The number of hydrogen-bond acceptors (Lipinski definition) is 3. The van der Waals surface area contributed by atoms with Crippen LogP contribution in [-0.2, 0) is 11.8 Å². The molecule has 0 radical (unpaired) electrons. The molecule has 31 heavy (non-hydrogen) atoms. The number of carbonyl (C=O) groups excluding carboxylic acids is 1. The van der Waals surface area contributed by atoms with E-state index in [1.54, 1.807) is 15.4 Å². The van der Waals surface area contributed by atoms with Gasteiger partial charge in [-0.05, 0) is 43.5 Å². The van der Waals surface area contributed by atoms with E-state index in [9.17, 15) is 9.59 Å². The standard InChI is InChI=1S/C25H22N4O2/c1-17(26-16-30)23-14-20-9-7-8-19(12-13-21-15-27-28(3)18(21)2)24(20)25(31)29(23)22-10-5-4-6-11-22/h4-11,14-17H,1-3H3,(H,26,30). The average molecular weight is 410 g/mol. The first-order chi connectivity index (χ1) is 15.0. The average Bonchev–Trinajstić information content (AvgIpc) is 3.10. The number of rotatable bonds is 4. The first-order valence-electron chi connectivity index (χ1n) is 9.95. The zero-order valence-electron chi connectivity index (χ0n) is 17.6. The number of pyridine rings is 1. The van der Waals surface area contributed by atoms with Gasteiger partial charge < -0.3 is 5.32 Å². The molecule has 0 aliphatic carbocycles.